The molecule has 0 bridgehead atoms. The Morgan fingerprint density at radius 2 is 1.75 bits per heavy atom. The summed E-state index contributed by atoms with van der Waals surface area (Å²) in [5.41, 5.74) is 2.61. The molecule has 4 heteroatoms. The lowest BCUT2D eigenvalue weighted by Gasteiger charge is -2.41. The highest BCUT2D eigenvalue weighted by Crippen LogP contribution is 2.21. The number of likely N-dealkylation sites (tertiary alicyclic amines) is 1. The highest BCUT2D eigenvalue weighted by atomic mass is 16.2. The summed E-state index contributed by atoms with van der Waals surface area (Å²) in [6.45, 7) is 12.3. The summed E-state index contributed by atoms with van der Waals surface area (Å²) in [7, 11) is 0. The van der Waals surface area contributed by atoms with Crippen molar-refractivity contribution < 1.29 is 4.79 Å². The van der Waals surface area contributed by atoms with E-state index >= 15 is 0 Å². The first-order valence-corrected chi connectivity index (χ1v) is 9.39. The molecule has 1 aromatic rings. The molecule has 132 valence electrons. The number of carbonyl (C=O) groups excluding carboxylic acids is 1. The molecule has 1 unspecified atom stereocenters. The molecule has 1 amide bonds. The van der Waals surface area contributed by atoms with Gasteiger partial charge in [-0.15, -0.1) is 0 Å². The van der Waals surface area contributed by atoms with Crippen LogP contribution in [0.1, 0.15) is 32.3 Å². The van der Waals surface area contributed by atoms with E-state index in [1.165, 1.54) is 11.3 Å². The average molecular weight is 329 g/mol. The second kappa shape index (κ2) is 7.56. The topological polar surface area (TPSA) is 26.8 Å². The molecular weight excluding hydrogens is 298 g/mol. The first-order valence-electron chi connectivity index (χ1n) is 9.39. The number of rotatable bonds is 3. The predicted molar refractivity (Wildman–Crippen MR) is 99.4 cm³/mol. The monoisotopic (exact) mass is 329 g/mol. The number of carbonyl (C=O) groups is 1. The van der Waals surface area contributed by atoms with E-state index in [0.717, 1.165) is 58.0 Å². The normalized spacial score (nSPS) is 21.8. The molecule has 2 fully saturated rings. The fourth-order valence-corrected chi connectivity index (χ4v) is 3.84. The van der Waals surface area contributed by atoms with Crippen molar-refractivity contribution in [1.82, 2.24) is 9.80 Å². The van der Waals surface area contributed by atoms with Crippen molar-refractivity contribution in [1.29, 1.82) is 0 Å². The third kappa shape index (κ3) is 3.92. The van der Waals surface area contributed by atoms with Crippen LogP contribution in [0.5, 0.6) is 0 Å². The molecule has 24 heavy (non-hydrogen) atoms. The van der Waals surface area contributed by atoms with E-state index in [1.807, 2.05) is 0 Å². The SMILES string of the molecule is Cc1cccc(N2CCN(C(C)C(=O)N3CCC(C)CC3)CC2)c1. The summed E-state index contributed by atoms with van der Waals surface area (Å²) in [5, 5.41) is 0. The van der Waals surface area contributed by atoms with E-state index in [2.05, 4.69) is 59.7 Å². The maximum atomic E-state index is 12.8. The summed E-state index contributed by atoms with van der Waals surface area (Å²) in [5.74, 6) is 1.09. The Morgan fingerprint density at radius 3 is 2.38 bits per heavy atom. The number of nitrogens with zero attached hydrogens (tertiary/aromatic N) is 3. The van der Waals surface area contributed by atoms with Gasteiger partial charge in [0.05, 0.1) is 6.04 Å². The number of hydrogen-bond donors (Lipinski definition) is 0. The Balaban J connectivity index is 1.53. The lowest BCUT2D eigenvalue weighted by atomic mass is 9.98. The Labute approximate surface area is 146 Å². The number of benzene rings is 1. The molecule has 0 N–H and O–H groups in total. The van der Waals surface area contributed by atoms with Gasteiger partial charge in [0.15, 0.2) is 0 Å². The highest BCUT2D eigenvalue weighted by molar-refractivity contribution is 5.81. The van der Waals surface area contributed by atoms with Gasteiger partial charge in [0.2, 0.25) is 5.91 Å². The van der Waals surface area contributed by atoms with Crippen molar-refractivity contribution >= 4 is 11.6 Å². The first-order chi connectivity index (χ1) is 11.5. The van der Waals surface area contributed by atoms with Gasteiger partial charge >= 0.3 is 0 Å². The van der Waals surface area contributed by atoms with Crippen molar-refractivity contribution in [3.05, 3.63) is 29.8 Å². The fourth-order valence-electron chi connectivity index (χ4n) is 3.84. The number of hydrogen-bond acceptors (Lipinski definition) is 3. The molecule has 2 heterocycles. The van der Waals surface area contributed by atoms with Crippen LogP contribution >= 0.6 is 0 Å². The zero-order valence-electron chi connectivity index (χ0n) is 15.4. The number of piperazine rings is 1. The minimum absolute atomic E-state index is 0.0121. The first kappa shape index (κ1) is 17.3. The van der Waals surface area contributed by atoms with Gasteiger partial charge in [0.25, 0.3) is 0 Å². The van der Waals surface area contributed by atoms with Crippen LogP contribution in [0.15, 0.2) is 24.3 Å². The van der Waals surface area contributed by atoms with Gasteiger partial charge in [-0.1, -0.05) is 19.1 Å². The Bertz CT molecular complexity index is 558. The minimum atomic E-state index is 0.0121. The van der Waals surface area contributed by atoms with Crippen molar-refractivity contribution in [3.63, 3.8) is 0 Å². The quantitative estimate of drug-likeness (QED) is 0.853. The number of piperidine rings is 1. The predicted octanol–water partition coefficient (Wildman–Crippen LogP) is 2.76. The largest absolute Gasteiger partial charge is 0.369 e. The fraction of sp³-hybridized carbons (Fsp3) is 0.650. The van der Waals surface area contributed by atoms with Gasteiger partial charge in [-0.05, 0) is 50.3 Å². The second-order valence-corrected chi connectivity index (χ2v) is 7.55. The molecule has 1 atom stereocenters. The molecule has 2 aliphatic rings. The van der Waals surface area contributed by atoms with E-state index in [-0.39, 0.29) is 6.04 Å². The molecule has 0 spiro atoms. The van der Waals surface area contributed by atoms with Gasteiger partial charge in [0.1, 0.15) is 0 Å². The van der Waals surface area contributed by atoms with Gasteiger partial charge in [-0.2, -0.15) is 0 Å². The Kier molecular flexibility index (Phi) is 5.44. The van der Waals surface area contributed by atoms with Gasteiger partial charge in [-0.3, -0.25) is 9.69 Å². The molecule has 0 aromatic heterocycles. The molecule has 4 nitrogen and oxygen atoms in total. The number of aryl methyl sites for hydroxylation is 1. The lowest BCUT2D eigenvalue weighted by molar-refractivity contribution is -0.137. The summed E-state index contributed by atoms with van der Waals surface area (Å²) < 4.78 is 0. The van der Waals surface area contributed by atoms with Crippen molar-refractivity contribution in [3.8, 4) is 0 Å². The van der Waals surface area contributed by atoms with Crippen molar-refractivity contribution in [2.24, 2.45) is 5.92 Å². The second-order valence-electron chi connectivity index (χ2n) is 7.55. The van der Waals surface area contributed by atoms with Crippen molar-refractivity contribution in [2.75, 3.05) is 44.2 Å². The van der Waals surface area contributed by atoms with E-state index in [1.54, 1.807) is 0 Å². The molecule has 2 saturated heterocycles. The third-order valence-corrected chi connectivity index (χ3v) is 5.68. The average Bonchev–Trinajstić information content (AvgIpc) is 2.61. The van der Waals surface area contributed by atoms with E-state index < -0.39 is 0 Å². The van der Waals surface area contributed by atoms with Crippen LogP contribution in [0.3, 0.4) is 0 Å². The van der Waals surface area contributed by atoms with E-state index in [4.69, 9.17) is 0 Å². The zero-order chi connectivity index (χ0) is 17.1. The summed E-state index contributed by atoms with van der Waals surface area (Å²) in [6.07, 6.45) is 2.30. The Hall–Kier alpha value is -1.55. The molecule has 3 rings (SSSR count). The molecular formula is C20H31N3O. The van der Waals surface area contributed by atoms with Crippen LogP contribution in [0.4, 0.5) is 5.69 Å². The molecule has 1 aromatic carbocycles. The minimum Gasteiger partial charge on any atom is -0.369 e. The van der Waals surface area contributed by atoms with Crippen molar-refractivity contribution in [2.45, 2.75) is 39.7 Å². The molecule has 0 aliphatic carbocycles. The van der Waals surface area contributed by atoms with Crippen LogP contribution in [-0.4, -0.2) is 61.0 Å². The standard InChI is InChI=1S/C20H31N3O/c1-16-7-9-23(10-8-16)20(24)18(3)21-11-13-22(14-12-21)19-6-4-5-17(2)15-19/h4-6,15-16,18H,7-14H2,1-3H3. The summed E-state index contributed by atoms with van der Waals surface area (Å²) in [6, 6.07) is 8.71. The third-order valence-electron chi connectivity index (χ3n) is 5.68. The lowest BCUT2D eigenvalue weighted by Crippen LogP contribution is -2.55. The molecule has 0 radical (unpaired) electrons. The smallest absolute Gasteiger partial charge is 0.239 e. The zero-order valence-corrected chi connectivity index (χ0v) is 15.4. The summed E-state index contributed by atoms with van der Waals surface area (Å²) >= 11 is 0. The molecule has 0 saturated carbocycles. The van der Waals surface area contributed by atoms with E-state index in [0.29, 0.717) is 5.91 Å². The number of amides is 1. The number of anilines is 1. The molecule has 2 aliphatic heterocycles. The summed E-state index contributed by atoms with van der Waals surface area (Å²) in [4.78, 5) is 19.6. The van der Waals surface area contributed by atoms with Gasteiger partial charge < -0.3 is 9.80 Å². The van der Waals surface area contributed by atoms with Gasteiger partial charge in [0, 0.05) is 45.0 Å². The highest BCUT2D eigenvalue weighted by Gasteiger charge is 2.30. The van der Waals surface area contributed by atoms with Crippen LogP contribution in [-0.2, 0) is 4.79 Å². The maximum absolute atomic E-state index is 12.8. The van der Waals surface area contributed by atoms with Crippen LogP contribution in [0, 0.1) is 12.8 Å². The maximum Gasteiger partial charge on any atom is 0.239 e. The van der Waals surface area contributed by atoms with Crippen LogP contribution in [0.25, 0.3) is 0 Å². The van der Waals surface area contributed by atoms with E-state index in [9.17, 15) is 4.79 Å². The van der Waals surface area contributed by atoms with Gasteiger partial charge in [-0.25, -0.2) is 0 Å². The van der Waals surface area contributed by atoms with Crippen LogP contribution < -0.4 is 4.90 Å². The van der Waals surface area contributed by atoms with Crippen LogP contribution in [0.2, 0.25) is 0 Å². The Morgan fingerprint density at radius 1 is 1.08 bits per heavy atom.